The van der Waals surface area contributed by atoms with E-state index < -0.39 is 0 Å². The standard InChI is InChI=1S/C20H12BrCl3N4O/c21-13-7-10(19(29)25-12-4-1-3-11(22)9-12)8-16-17(13)27-20(26-16)28-18-14(23)5-2-6-15(18)24/h1-9H,(H,25,29)(H2,26,27,28). The predicted molar refractivity (Wildman–Crippen MR) is 123 cm³/mol. The molecular formula is C20H12BrCl3N4O. The Bertz CT molecular complexity index is 1220. The van der Waals surface area contributed by atoms with E-state index in [-0.39, 0.29) is 5.91 Å². The topological polar surface area (TPSA) is 69.8 Å². The van der Waals surface area contributed by atoms with Gasteiger partial charge < -0.3 is 15.6 Å². The van der Waals surface area contributed by atoms with E-state index in [9.17, 15) is 4.79 Å². The smallest absolute Gasteiger partial charge is 0.255 e. The Hall–Kier alpha value is -2.25. The van der Waals surface area contributed by atoms with Crippen LogP contribution in [-0.4, -0.2) is 15.9 Å². The van der Waals surface area contributed by atoms with Crippen molar-refractivity contribution in [2.45, 2.75) is 0 Å². The maximum Gasteiger partial charge on any atom is 0.255 e. The van der Waals surface area contributed by atoms with E-state index in [1.54, 1.807) is 54.6 Å². The number of aromatic amines is 1. The third kappa shape index (κ3) is 4.36. The largest absolute Gasteiger partial charge is 0.323 e. The van der Waals surface area contributed by atoms with Crippen molar-refractivity contribution in [2.75, 3.05) is 10.6 Å². The second-order valence-corrected chi connectivity index (χ2v) is 8.23. The SMILES string of the molecule is O=C(Nc1cccc(Cl)c1)c1cc(Br)c2[nH]c(Nc3c(Cl)cccc3Cl)nc2c1. The highest BCUT2D eigenvalue weighted by atomic mass is 79.9. The first-order valence-corrected chi connectivity index (χ1v) is 10.3. The van der Waals surface area contributed by atoms with Crippen LogP contribution in [0.5, 0.6) is 0 Å². The summed E-state index contributed by atoms with van der Waals surface area (Å²) >= 11 is 21.9. The Balaban J connectivity index is 1.64. The first-order valence-electron chi connectivity index (χ1n) is 8.38. The molecule has 3 aromatic carbocycles. The third-order valence-corrected chi connectivity index (χ3v) is 5.59. The van der Waals surface area contributed by atoms with Gasteiger partial charge in [0.25, 0.3) is 5.91 Å². The highest BCUT2D eigenvalue weighted by Crippen LogP contribution is 2.33. The van der Waals surface area contributed by atoms with Gasteiger partial charge in [0.15, 0.2) is 0 Å². The first kappa shape index (κ1) is 20.0. The van der Waals surface area contributed by atoms with E-state index in [2.05, 4.69) is 36.5 Å². The summed E-state index contributed by atoms with van der Waals surface area (Å²) in [5.74, 6) is 0.171. The number of carbonyl (C=O) groups is 1. The van der Waals surface area contributed by atoms with Crippen LogP contribution in [0, 0.1) is 0 Å². The average molecular weight is 511 g/mol. The molecule has 1 aromatic heterocycles. The van der Waals surface area contributed by atoms with Crippen molar-refractivity contribution in [3.63, 3.8) is 0 Å². The second kappa shape index (κ2) is 8.24. The highest BCUT2D eigenvalue weighted by Gasteiger charge is 2.14. The molecule has 29 heavy (non-hydrogen) atoms. The average Bonchev–Trinajstić information content (AvgIpc) is 3.08. The molecule has 0 aliphatic rings. The molecule has 3 N–H and O–H groups in total. The van der Waals surface area contributed by atoms with E-state index in [4.69, 9.17) is 34.8 Å². The van der Waals surface area contributed by atoms with Crippen molar-refractivity contribution in [1.29, 1.82) is 0 Å². The molecule has 1 amide bonds. The van der Waals surface area contributed by atoms with Crippen molar-refractivity contribution < 1.29 is 4.79 Å². The molecule has 0 saturated carbocycles. The van der Waals surface area contributed by atoms with Gasteiger partial charge in [0.1, 0.15) is 0 Å². The second-order valence-electron chi connectivity index (χ2n) is 6.12. The number of nitrogens with one attached hydrogen (secondary N) is 3. The molecule has 4 rings (SSSR count). The lowest BCUT2D eigenvalue weighted by Gasteiger charge is -2.07. The number of carbonyl (C=O) groups excluding carboxylic acids is 1. The number of hydrogen-bond donors (Lipinski definition) is 3. The molecule has 0 aliphatic heterocycles. The van der Waals surface area contributed by atoms with Crippen LogP contribution < -0.4 is 10.6 Å². The summed E-state index contributed by atoms with van der Waals surface area (Å²) in [6.45, 7) is 0. The van der Waals surface area contributed by atoms with Gasteiger partial charge in [-0.2, -0.15) is 0 Å². The highest BCUT2D eigenvalue weighted by molar-refractivity contribution is 9.10. The molecule has 0 atom stereocenters. The van der Waals surface area contributed by atoms with Crippen LogP contribution in [0.1, 0.15) is 10.4 Å². The molecular weight excluding hydrogens is 499 g/mol. The van der Waals surface area contributed by atoms with Crippen LogP contribution in [0.15, 0.2) is 59.1 Å². The maximum absolute atomic E-state index is 12.6. The van der Waals surface area contributed by atoms with Crippen molar-refractivity contribution in [3.05, 3.63) is 79.7 Å². The van der Waals surface area contributed by atoms with Crippen molar-refractivity contribution in [2.24, 2.45) is 0 Å². The van der Waals surface area contributed by atoms with Gasteiger partial charge in [0.05, 0.1) is 26.8 Å². The molecule has 146 valence electrons. The number of amides is 1. The van der Waals surface area contributed by atoms with E-state index in [0.29, 0.717) is 47.9 Å². The number of anilines is 3. The summed E-state index contributed by atoms with van der Waals surface area (Å²) in [4.78, 5) is 20.3. The summed E-state index contributed by atoms with van der Waals surface area (Å²) in [5.41, 5.74) is 2.93. The Labute approximate surface area is 189 Å². The summed E-state index contributed by atoms with van der Waals surface area (Å²) in [5, 5.41) is 7.39. The van der Waals surface area contributed by atoms with Gasteiger partial charge in [-0.3, -0.25) is 4.79 Å². The number of halogens is 4. The fourth-order valence-electron chi connectivity index (χ4n) is 2.77. The lowest BCUT2D eigenvalue weighted by Crippen LogP contribution is -2.11. The van der Waals surface area contributed by atoms with Crippen molar-refractivity contribution in [3.8, 4) is 0 Å². The Kier molecular flexibility index (Phi) is 5.69. The number of hydrogen-bond acceptors (Lipinski definition) is 3. The number of aromatic nitrogens is 2. The van der Waals surface area contributed by atoms with Gasteiger partial charge in [-0.25, -0.2) is 4.98 Å². The molecule has 0 bridgehead atoms. The number of para-hydroxylation sites is 1. The van der Waals surface area contributed by atoms with Gasteiger partial charge in [-0.05, 0) is 58.4 Å². The van der Waals surface area contributed by atoms with Crippen LogP contribution in [0.4, 0.5) is 17.3 Å². The number of imidazole rings is 1. The van der Waals surface area contributed by atoms with E-state index in [0.717, 1.165) is 5.52 Å². The number of benzene rings is 3. The minimum atomic E-state index is -0.276. The van der Waals surface area contributed by atoms with Crippen LogP contribution in [0.3, 0.4) is 0 Å². The van der Waals surface area contributed by atoms with E-state index >= 15 is 0 Å². The summed E-state index contributed by atoms with van der Waals surface area (Å²) < 4.78 is 0.692. The molecule has 0 unspecified atom stereocenters. The Morgan fingerprint density at radius 2 is 1.72 bits per heavy atom. The number of fused-ring (bicyclic) bond motifs is 1. The number of H-pyrrole nitrogens is 1. The fraction of sp³-hybridized carbons (Fsp3) is 0. The lowest BCUT2D eigenvalue weighted by atomic mass is 10.2. The summed E-state index contributed by atoms with van der Waals surface area (Å²) in [6, 6.07) is 15.6. The molecule has 5 nitrogen and oxygen atoms in total. The summed E-state index contributed by atoms with van der Waals surface area (Å²) in [7, 11) is 0. The predicted octanol–water partition coefficient (Wildman–Crippen LogP) is 7.28. The molecule has 0 aliphatic carbocycles. The molecule has 1 heterocycles. The Morgan fingerprint density at radius 3 is 2.45 bits per heavy atom. The van der Waals surface area contributed by atoms with E-state index in [1.165, 1.54) is 0 Å². The van der Waals surface area contributed by atoms with Crippen LogP contribution in [-0.2, 0) is 0 Å². The number of rotatable bonds is 4. The minimum absolute atomic E-state index is 0.276. The van der Waals surface area contributed by atoms with Gasteiger partial charge >= 0.3 is 0 Å². The van der Waals surface area contributed by atoms with E-state index in [1.807, 2.05) is 0 Å². The molecule has 9 heteroatoms. The zero-order chi connectivity index (χ0) is 20.5. The van der Waals surface area contributed by atoms with Gasteiger partial charge in [-0.1, -0.05) is 46.9 Å². The zero-order valence-corrected chi connectivity index (χ0v) is 18.4. The molecule has 0 radical (unpaired) electrons. The van der Waals surface area contributed by atoms with Gasteiger partial charge in [0.2, 0.25) is 5.95 Å². The zero-order valence-electron chi connectivity index (χ0n) is 14.6. The maximum atomic E-state index is 12.6. The molecule has 0 spiro atoms. The van der Waals surface area contributed by atoms with Gasteiger partial charge in [-0.15, -0.1) is 0 Å². The molecule has 0 fully saturated rings. The lowest BCUT2D eigenvalue weighted by molar-refractivity contribution is 0.102. The van der Waals surface area contributed by atoms with Gasteiger partial charge in [0, 0.05) is 20.7 Å². The normalized spacial score (nSPS) is 10.9. The van der Waals surface area contributed by atoms with Crippen LogP contribution in [0.2, 0.25) is 15.1 Å². The third-order valence-electron chi connectivity index (χ3n) is 4.10. The monoisotopic (exact) mass is 508 g/mol. The first-order chi connectivity index (χ1) is 13.9. The molecule has 0 saturated heterocycles. The van der Waals surface area contributed by atoms with Crippen molar-refractivity contribution >= 4 is 85.0 Å². The van der Waals surface area contributed by atoms with Crippen molar-refractivity contribution in [1.82, 2.24) is 9.97 Å². The summed E-state index contributed by atoms with van der Waals surface area (Å²) in [6.07, 6.45) is 0. The molecule has 4 aromatic rings. The minimum Gasteiger partial charge on any atom is -0.323 e. The van der Waals surface area contributed by atoms with Crippen LogP contribution in [0.25, 0.3) is 11.0 Å². The quantitative estimate of drug-likeness (QED) is 0.270. The Morgan fingerprint density at radius 1 is 1.00 bits per heavy atom. The van der Waals surface area contributed by atoms with Crippen LogP contribution >= 0.6 is 50.7 Å². The number of nitrogens with zero attached hydrogens (tertiary/aromatic N) is 1. The fourth-order valence-corrected chi connectivity index (χ4v) is 4.00.